The van der Waals surface area contributed by atoms with E-state index in [0.29, 0.717) is 5.92 Å². The Hall–Kier alpha value is -2.39. The number of carboxylic acids is 1. The number of carbonyl (C=O) groups is 1. The summed E-state index contributed by atoms with van der Waals surface area (Å²) >= 11 is 0. The molecule has 0 spiro atoms. The standard InChI is InChI=1S/C20H28N4.C2HF3O2/c1-15-5-3-4-6-18(15)14-23-10-7-17(8-11-23)20-19-13-21-9-12-24(19)16(2)22-20;3-2(4,5)1(6)7/h3-6,17,21H,7-14H2,1-2H3;(H,6,7). The lowest BCUT2D eigenvalue weighted by molar-refractivity contribution is -0.192. The first-order valence-electron chi connectivity index (χ1n) is 10.5. The maximum Gasteiger partial charge on any atom is 0.490 e. The maximum atomic E-state index is 10.6. The summed E-state index contributed by atoms with van der Waals surface area (Å²) in [6.45, 7) is 10.9. The van der Waals surface area contributed by atoms with E-state index in [2.05, 4.69) is 52.9 Å². The normalized spacial score (nSPS) is 17.6. The van der Waals surface area contributed by atoms with E-state index in [0.717, 1.165) is 26.2 Å². The summed E-state index contributed by atoms with van der Waals surface area (Å²) in [7, 11) is 0. The van der Waals surface area contributed by atoms with Crippen molar-refractivity contribution in [2.75, 3.05) is 19.6 Å². The van der Waals surface area contributed by atoms with Crippen molar-refractivity contribution in [2.24, 2.45) is 0 Å². The van der Waals surface area contributed by atoms with E-state index in [4.69, 9.17) is 14.9 Å². The van der Waals surface area contributed by atoms with Gasteiger partial charge in [0.1, 0.15) is 5.82 Å². The Morgan fingerprint density at radius 1 is 1.19 bits per heavy atom. The minimum atomic E-state index is -5.08. The molecule has 0 saturated carbocycles. The minimum absolute atomic E-state index is 0.632. The van der Waals surface area contributed by atoms with E-state index in [1.165, 1.54) is 54.3 Å². The first-order chi connectivity index (χ1) is 14.7. The number of imidazole rings is 1. The van der Waals surface area contributed by atoms with Crippen molar-refractivity contribution in [3.63, 3.8) is 0 Å². The van der Waals surface area contributed by atoms with Crippen LogP contribution < -0.4 is 5.32 Å². The molecule has 0 amide bonds. The van der Waals surface area contributed by atoms with Gasteiger partial charge in [0.25, 0.3) is 0 Å². The van der Waals surface area contributed by atoms with Gasteiger partial charge in [-0.05, 0) is 50.9 Å². The molecule has 2 aromatic rings. The van der Waals surface area contributed by atoms with Crippen molar-refractivity contribution in [1.82, 2.24) is 19.8 Å². The lowest BCUT2D eigenvalue weighted by Gasteiger charge is -2.32. The fourth-order valence-corrected chi connectivity index (χ4v) is 4.23. The molecule has 170 valence electrons. The number of nitrogens with one attached hydrogen (secondary N) is 1. The molecule has 1 saturated heterocycles. The van der Waals surface area contributed by atoms with E-state index in [-0.39, 0.29) is 0 Å². The molecule has 9 heteroatoms. The van der Waals surface area contributed by atoms with Crippen LogP contribution in [0, 0.1) is 13.8 Å². The molecule has 2 aliphatic heterocycles. The second kappa shape index (κ2) is 9.82. The van der Waals surface area contributed by atoms with Crippen LogP contribution in [0.3, 0.4) is 0 Å². The molecular formula is C22H29F3N4O2. The van der Waals surface area contributed by atoms with Crippen LogP contribution in [0.15, 0.2) is 24.3 Å². The van der Waals surface area contributed by atoms with Gasteiger partial charge >= 0.3 is 12.1 Å². The predicted octanol–water partition coefficient (Wildman–Crippen LogP) is 3.62. The van der Waals surface area contributed by atoms with E-state index in [9.17, 15) is 13.2 Å². The molecule has 1 fully saturated rings. The predicted molar refractivity (Wildman–Crippen MR) is 111 cm³/mol. The average molecular weight is 438 g/mol. The quantitative estimate of drug-likeness (QED) is 0.766. The van der Waals surface area contributed by atoms with Crippen LogP contribution in [-0.4, -0.2) is 51.3 Å². The minimum Gasteiger partial charge on any atom is -0.475 e. The van der Waals surface area contributed by atoms with Crippen molar-refractivity contribution in [1.29, 1.82) is 0 Å². The van der Waals surface area contributed by atoms with Crippen LogP contribution in [0.5, 0.6) is 0 Å². The summed E-state index contributed by atoms with van der Waals surface area (Å²) < 4.78 is 34.2. The summed E-state index contributed by atoms with van der Waals surface area (Å²) in [6, 6.07) is 8.77. The number of piperidine rings is 1. The molecule has 0 radical (unpaired) electrons. The number of aromatic nitrogens is 2. The van der Waals surface area contributed by atoms with Gasteiger partial charge in [0.2, 0.25) is 0 Å². The van der Waals surface area contributed by atoms with Gasteiger partial charge < -0.3 is 15.0 Å². The van der Waals surface area contributed by atoms with Gasteiger partial charge in [-0.25, -0.2) is 9.78 Å². The number of alkyl halides is 3. The van der Waals surface area contributed by atoms with Crippen LogP contribution in [0.1, 0.15) is 47.1 Å². The Bertz CT molecular complexity index is 903. The van der Waals surface area contributed by atoms with E-state index in [1.54, 1.807) is 0 Å². The fraction of sp³-hybridized carbons (Fsp3) is 0.545. The fourth-order valence-electron chi connectivity index (χ4n) is 4.23. The molecule has 0 unspecified atom stereocenters. The highest BCUT2D eigenvalue weighted by molar-refractivity contribution is 5.73. The third kappa shape index (κ3) is 5.86. The van der Waals surface area contributed by atoms with Crippen molar-refractivity contribution in [2.45, 2.75) is 58.4 Å². The Morgan fingerprint density at radius 3 is 2.45 bits per heavy atom. The summed E-state index contributed by atoms with van der Waals surface area (Å²) in [5.41, 5.74) is 5.69. The van der Waals surface area contributed by atoms with E-state index in [1.807, 2.05) is 0 Å². The van der Waals surface area contributed by atoms with Gasteiger partial charge in [-0.3, -0.25) is 4.90 Å². The van der Waals surface area contributed by atoms with Crippen molar-refractivity contribution in [3.05, 3.63) is 52.6 Å². The Labute approximate surface area is 180 Å². The molecule has 3 heterocycles. The zero-order valence-corrected chi connectivity index (χ0v) is 17.9. The second-order valence-electron chi connectivity index (χ2n) is 8.10. The lowest BCUT2D eigenvalue weighted by atomic mass is 9.91. The maximum absolute atomic E-state index is 10.6. The highest BCUT2D eigenvalue weighted by Gasteiger charge is 2.38. The summed E-state index contributed by atoms with van der Waals surface area (Å²) in [6.07, 6.45) is -2.62. The molecule has 1 aromatic heterocycles. The number of carboxylic acid groups (broad SMARTS) is 1. The molecule has 6 nitrogen and oxygen atoms in total. The van der Waals surface area contributed by atoms with Crippen molar-refractivity contribution >= 4 is 5.97 Å². The number of hydrogen-bond acceptors (Lipinski definition) is 4. The van der Waals surface area contributed by atoms with E-state index >= 15 is 0 Å². The molecular weight excluding hydrogens is 409 g/mol. The smallest absolute Gasteiger partial charge is 0.475 e. The van der Waals surface area contributed by atoms with E-state index < -0.39 is 12.1 Å². The first kappa shape index (κ1) is 23.3. The Kier molecular flexibility index (Phi) is 7.38. The summed E-state index contributed by atoms with van der Waals surface area (Å²) in [5, 5.41) is 10.6. The van der Waals surface area contributed by atoms with Gasteiger partial charge in [0, 0.05) is 32.1 Å². The number of rotatable bonds is 3. The van der Waals surface area contributed by atoms with Gasteiger partial charge in [-0.1, -0.05) is 24.3 Å². The molecule has 4 rings (SSSR count). The lowest BCUT2D eigenvalue weighted by Crippen LogP contribution is -2.34. The molecule has 0 bridgehead atoms. The highest BCUT2D eigenvalue weighted by atomic mass is 19.4. The Morgan fingerprint density at radius 2 is 1.84 bits per heavy atom. The van der Waals surface area contributed by atoms with Crippen molar-refractivity contribution < 1.29 is 23.1 Å². The molecule has 2 aliphatic rings. The molecule has 0 aliphatic carbocycles. The molecule has 2 N–H and O–H groups in total. The third-order valence-corrected chi connectivity index (χ3v) is 5.97. The van der Waals surface area contributed by atoms with Crippen LogP contribution in [0.25, 0.3) is 0 Å². The van der Waals surface area contributed by atoms with Crippen LogP contribution in [0.2, 0.25) is 0 Å². The SMILES string of the molecule is Cc1ccccc1CN1CCC(c2nc(C)n3c2CNCC3)CC1.O=C(O)C(F)(F)F. The first-order valence-corrected chi connectivity index (χ1v) is 10.5. The number of fused-ring (bicyclic) bond motifs is 1. The number of nitrogens with zero attached hydrogens (tertiary/aromatic N) is 3. The summed E-state index contributed by atoms with van der Waals surface area (Å²) in [4.78, 5) is 16.4. The van der Waals surface area contributed by atoms with Crippen LogP contribution in [0.4, 0.5) is 13.2 Å². The number of benzene rings is 1. The van der Waals surface area contributed by atoms with Gasteiger partial charge in [0.05, 0.1) is 11.4 Å². The average Bonchev–Trinajstić information content (AvgIpc) is 3.07. The second-order valence-corrected chi connectivity index (χ2v) is 8.10. The number of aryl methyl sites for hydroxylation is 2. The van der Waals surface area contributed by atoms with Gasteiger partial charge in [0.15, 0.2) is 0 Å². The highest BCUT2D eigenvalue weighted by Crippen LogP contribution is 2.31. The molecule has 1 aromatic carbocycles. The number of halogens is 3. The third-order valence-electron chi connectivity index (χ3n) is 5.97. The molecule has 31 heavy (non-hydrogen) atoms. The number of likely N-dealkylation sites (tertiary alicyclic amines) is 1. The Balaban J connectivity index is 0.000000339. The number of hydrogen-bond donors (Lipinski definition) is 2. The topological polar surface area (TPSA) is 70.4 Å². The van der Waals surface area contributed by atoms with Crippen LogP contribution >= 0.6 is 0 Å². The zero-order valence-electron chi connectivity index (χ0n) is 17.9. The number of aliphatic carboxylic acids is 1. The van der Waals surface area contributed by atoms with Gasteiger partial charge in [-0.15, -0.1) is 0 Å². The largest absolute Gasteiger partial charge is 0.490 e. The zero-order chi connectivity index (χ0) is 22.6. The van der Waals surface area contributed by atoms with Crippen molar-refractivity contribution in [3.8, 4) is 0 Å². The monoisotopic (exact) mass is 438 g/mol. The summed E-state index contributed by atoms with van der Waals surface area (Å²) in [5.74, 6) is -0.927. The van der Waals surface area contributed by atoms with Crippen LogP contribution in [-0.2, 0) is 24.4 Å². The molecule has 0 atom stereocenters. The van der Waals surface area contributed by atoms with Gasteiger partial charge in [-0.2, -0.15) is 13.2 Å².